The molecule has 1 saturated heterocycles. The zero-order valence-corrected chi connectivity index (χ0v) is 9.07. The number of rotatable bonds is 1. The van der Waals surface area contributed by atoms with E-state index in [0.29, 0.717) is 6.42 Å². The third kappa shape index (κ3) is 1.37. The maximum absolute atomic E-state index is 11.6. The molecule has 0 radical (unpaired) electrons. The maximum atomic E-state index is 11.6. The lowest BCUT2D eigenvalue weighted by atomic mass is 9.80. The molecule has 1 amide bonds. The number of fused-ring (bicyclic) bond motifs is 1. The van der Waals surface area contributed by atoms with Crippen molar-refractivity contribution in [1.82, 2.24) is 5.32 Å². The van der Waals surface area contributed by atoms with E-state index in [1.165, 1.54) is 7.11 Å². The monoisotopic (exact) mass is 213 g/mol. The Balaban J connectivity index is 2.21. The molecule has 0 bridgehead atoms. The molecule has 2 aliphatic rings. The van der Waals surface area contributed by atoms with Crippen molar-refractivity contribution in [3.63, 3.8) is 0 Å². The SMILES string of the molecule is COC(=O)[C@@H]1C[C@@H]2NC(=O)O[C@@H]2C1(C)C. The van der Waals surface area contributed by atoms with Crippen molar-refractivity contribution in [2.45, 2.75) is 32.4 Å². The lowest BCUT2D eigenvalue weighted by molar-refractivity contribution is -0.149. The summed E-state index contributed by atoms with van der Waals surface area (Å²) in [7, 11) is 1.38. The Hall–Kier alpha value is -1.26. The van der Waals surface area contributed by atoms with Crippen molar-refractivity contribution in [3.8, 4) is 0 Å². The van der Waals surface area contributed by atoms with Gasteiger partial charge in [0.1, 0.15) is 6.10 Å². The Morgan fingerprint density at radius 1 is 1.60 bits per heavy atom. The Morgan fingerprint density at radius 3 is 2.80 bits per heavy atom. The van der Waals surface area contributed by atoms with Crippen LogP contribution in [0.25, 0.3) is 0 Å². The summed E-state index contributed by atoms with van der Waals surface area (Å²) in [5, 5.41) is 2.71. The van der Waals surface area contributed by atoms with Gasteiger partial charge in [0.05, 0.1) is 19.1 Å². The molecule has 3 atom stereocenters. The van der Waals surface area contributed by atoms with Crippen LogP contribution in [0.4, 0.5) is 4.79 Å². The first-order valence-electron chi connectivity index (χ1n) is 5.01. The minimum atomic E-state index is -0.388. The quantitative estimate of drug-likeness (QED) is 0.650. The molecule has 84 valence electrons. The summed E-state index contributed by atoms with van der Waals surface area (Å²) < 4.78 is 9.92. The first-order chi connectivity index (χ1) is 6.96. The molecule has 1 N–H and O–H groups in total. The average Bonchev–Trinajstić information content (AvgIpc) is 2.63. The van der Waals surface area contributed by atoms with Crippen molar-refractivity contribution >= 4 is 12.1 Å². The van der Waals surface area contributed by atoms with E-state index in [1.54, 1.807) is 0 Å². The molecule has 0 unspecified atom stereocenters. The van der Waals surface area contributed by atoms with Crippen LogP contribution in [-0.4, -0.2) is 31.3 Å². The summed E-state index contributed by atoms with van der Waals surface area (Å²) in [5.74, 6) is -0.439. The van der Waals surface area contributed by atoms with E-state index in [0.717, 1.165) is 0 Å². The van der Waals surface area contributed by atoms with E-state index in [-0.39, 0.29) is 35.5 Å². The van der Waals surface area contributed by atoms with E-state index in [9.17, 15) is 9.59 Å². The molecule has 1 saturated carbocycles. The van der Waals surface area contributed by atoms with Gasteiger partial charge in [0.15, 0.2) is 0 Å². The molecule has 5 heteroatoms. The number of esters is 1. The first kappa shape index (κ1) is 10.3. The molecule has 1 aliphatic carbocycles. The van der Waals surface area contributed by atoms with Gasteiger partial charge in [-0.05, 0) is 6.42 Å². The van der Waals surface area contributed by atoms with Gasteiger partial charge >= 0.3 is 12.1 Å². The van der Waals surface area contributed by atoms with Crippen molar-refractivity contribution < 1.29 is 19.1 Å². The van der Waals surface area contributed by atoms with Crippen LogP contribution >= 0.6 is 0 Å². The highest BCUT2D eigenvalue weighted by molar-refractivity contribution is 5.76. The van der Waals surface area contributed by atoms with Crippen molar-refractivity contribution in [1.29, 1.82) is 0 Å². The van der Waals surface area contributed by atoms with Gasteiger partial charge in [-0.1, -0.05) is 13.8 Å². The molecule has 5 nitrogen and oxygen atoms in total. The molecule has 0 aromatic heterocycles. The van der Waals surface area contributed by atoms with Gasteiger partial charge in [-0.2, -0.15) is 0 Å². The Morgan fingerprint density at radius 2 is 2.27 bits per heavy atom. The zero-order chi connectivity index (χ0) is 11.2. The van der Waals surface area contributed by atoms with E-state index >= 15 is 0 Å². The highest BCUT2D eigenvalue weighted by atomic mass is 16.6. The molecule has 2 rings (SSSR count). The third-order valence-electron chi connectivity index (χ3n) is 3.51. The van der Waals surface area contributed by atoms with Gasteiger partial charge < -0.3 is 14.8 Å². The number of carbonyl (C=O) groups excluding carboxylic acids is 2. The molecule has 2 fully saturated rings. The highest BCUT2D eigenvalue weighted by Crippen LogP contribution is 2.47. The fourth-order valence-corrected chi connectivity index (χ4v) is 2.61. The number of alkyl carbamates (subject to hydrolysis) is 1. The van der Waals surface area contributed by atoms with Crippen LogP contribution in [0.5, 0.6) is 0 Å². The molecule has 0 aromatic carbocycles. The number of hydrogen-bond donors (Lipinski definition) is 1. The second-order valence-corrected chi connectivity index (χ2v) is 4.71. The number of nitrogens with one attached hydrogen (secondary N) is 1. The molecule has 1 heterocycles. The van der Waals surface area contributed by atoms with Crippen molar-refractivity contribution in [3.05, 3.63) is 0 Å². The number of hydrogen-bond acceptors (Lipinski definition) is 4. The lowest BCUT2D eigenvalue weighted by Gasteiger charge is -2.28. The standard InChI is InChI=1S/C10H15NO4/c1-10(2)5(8(12)14-3)4-6-7(10)15-9(13)11-6/h5-7H,4H2,1-3H3,(H,11,13)/t5-,6-,7-/m0/s1. The molecule has 0 aromatic rings. The number of methoxy groups -OCH3 is 1. The predicted molar refractivity (Wildman–Crippen MR) is 51.1 cm³/mol. The van der Waals surface area contributed by atoms with E-state index < -0.39 is 0 Å². The van der Waals surface area contributed by atoms with Gasteiger partial charge in [0, 0.05) is 5.41 Å². The second kappa shape index (κ2) is 3.12. The summed E-state index contributed by atoms with van der Waals surface area (Å²) >= 11 is 0. The van der Waals surface area contributed by atoms with Crippen LogP contribution in [0.15, 0.2) is 0 Å². The number of carbonyl (C=O) groups is 2. The smallest absolute Gasteiger partial charge is 0.407 e. The van der Waals surface area contributed by atoms with Crippen LogP contribution in [0.3, 0.4) is 0 Å². The Labute approximate surface area is 88.1 Å². The van der Waals surface area contributed by atoms with Crippen LogP contribution < -0.4 is 5.32 Å². The fourth-order valence-electron chi connectivity index (χ4n) is 2.61. The van der Waals surface area contributed by atoms with Gasteiger partial charge in [0.25, 0.3) is 0 Å². The minimum Gasteiger partial charge on any atom is -0.469 e. The van der Waals surface area contributed by atoms with E-state index in [2.05, 4.69) is 5.32 Å². The fraction of sp³-hybridized carbons (Fsp3) is 0.800. The van der Waals surface area contributed by atoms with Gasteiger partial charge in [-0.25, -0.2) is 4.79 Å². The number of amides is 1. The average molecular weight is 213 g/mol. The van der Waals surface area contributed by atoms with E-state index in [1.807, 2.05) is 13.8 Å². The van der Waals surface area contributed by atoms with Crippen LogP contribution in [0.2, 0.25) is 0 Å². The molecule has 0 spiro atoms. The predicted octanol–water partition coefficient (Wildman–Crippen LogP) is 0.682. The molecular weight excluding hydrogens is 198 g/mol. The van der Waals surface area contributed by atoms with Gasteiger partial charge in [0.2, 0.25) is 0 Å². The summed E-state index contributed by atoms with van der Waals surface area (Å²) in [4.78, 5) is 22.6. The minimum absolute atomic E-state index is 0.0587. The topological polar surface area (TPSA) is 64.6 Å². The van der Waals surface area contributed by atoms with Crippen molar-refractivity contribution in [2.75, 3.05) is 7.11 Å². The van der Waals surface area contributed by atoms with Gasteiger partial charge in [-0.15, -0.1) is 0 Å². The molecular formula is C10H15NO4. The van der Waals surface area contributed by atoms with Crippen LogP contribution in [-0.2, 0) is 14.3 Å². The highest BCUT2D eigenvalue weighted by Gasteiger charge is 2.58. The normalized spacial score (nSPS) is 36.7. The third-order valence-corrected chi connectivity index (χ3v) is 3.51. The summed E-state index contributed by atoms with van der Waals surface area (Å²) in [6.45, 7) is 3.86. The van der Waals surface area contributed by atoms with Crippen LogP contribution in [0, 0.1) is 11.3 Å². The second-order valence-electron chi connectivity index (χ2n) is 4.71. The zero-order valence-electron chi connectivity index (χ0n) is 9.07. The Kier molecular flexibility index (Phi) is 2.13. The summed E-state index contributed by atoms with van der Waals surface area (Å²) in [5.41, 5.74) is -0.364. The summed E-state index contributed by atoms with van der Waals surface area (Å²) in [6.07, 6.45) is -0.0220. The Bertz CT molecular complexity index is 313. The van der Waals surface area contributed by atoms with Gasteiger partial charge in [-0.3, -0.25) is 4.79 Å². The largest absolute Gasteiger partial charge is 0.469 e. The lowest BCUT2D eigenvalue weighted by Crippen LogP contribution is -2.36. The maximum Gasteiger partial charge on any atom is 0.407 e. The first-order valence-corrected chi connectivity index (χ1v) is 5.01. The summed E-state index contributed by atoms with van der Waals surface area (Å²) in [6, 6.07) is -0.0587. The van der Waals surface area contributed by atoms with Crippen LogP contribution in [0.1, 0.15) is 20.3 Å². The molecule has 1 aliphatic heterocycles. The van der Waals surface area contributed by atoms with E-state index in [4.69, 9.17) is 9.47 Å². The molecule has 15 heavy (non-hydrogen) atoms. The number of ether oxygens (including phenoxy) is 2. The van der Waals surface area contributed by atoms with Crippen molar-refractivity contribution in [2.24, 2.45) is 11.3 Å².